The molecule has 0 bridgehead atoms. The van der Waals surface area contributed by atoms with Gasteiger partial charge < -0.3 is 5.73 Å². The zero-order valence-electron chi connectivity index (χ0n) is 10.2. The molecule has 0 aromatic rings. The molecule has 1 heterocycles. The first-order chi connectivity index (χ1) is 7.68. The van der Waals surface area contributed by atoms with Crippen LogP contribution in [-0.4, -0.2) is 29.6 Å². The fourth-order valence-corrected chi connectivity index (χ4v) is 2.76. The third-order valence-electron chi connectivity index (χ3n) is 3.48. The molecule has 0 spiro atoms. The standard InChI is InChI=1S/C14H24N2/c1-4-8-14(9-5-2)12-13(15)7-11-16(14)10-6-3/h4-6,13H,1-3,7-12,15H2. The molecule has 1 aliphatic heterocycles. The van der Waals surface area contributed by atoms with Crippen LogP contribution in [0.1, 0.15) is 25.7 Å². The van der Waals surface area contributed by atoms with E-state index >= 15 is 0 Å². The van der Waals surface area contributed by atoms with E-state index in [2.05, 4.69) is 24.6 Å². The van der Waals surface area contributed by atoms with Gasteiger partial charge in [0.05, 0.1) is 0 Å². The number of hydrogen-bond acceptors (Lipinski definition) is 2. The maximum absolute atomic E-state index is 6.11. The Kier molecular flexibility index (Phi) is 4.97. The molecule has 0 radical (unpaired) electrons. The fraction of sp³-hybridized carbons (Fsp3) is 0.571. The van der Waals surface area contributed by atoms with Crippen LogP contribution in [0.3, 0.4) is 0 Å². The third-order valence-corrected chi connectivity index (χ3v) is 3.48. The summed E-state index contributed by atoms with van der Waals surface area (Å²) in [7, 11) is 0. The van der Waals surface area contributed by atoms with E-state index in [0.717, 1.165) is 38.8 Å². The minimum Gasteiger partial charge on any atom is -0.328 e. The van der Waals surface area contributed by atoms with E-state index in [-0.39, 0.29) is 5.54 Å². The molecule has 0 amide bonds. The topological polar surface area (TPSA) is 29.3 Å². The lowest BCUT2D eigenvalue weighted by molar-refractivity contribution is 0.0524. The molecule has 2 nitrogen and oxygen atoms in total. The Bertz CT molecular complexity index is 247. The van der Waals surface area contributed by atoms with Crippen LogP contribution in [0.15, 0.2) is 38.0 Å². The van der Waals surface area contributed by atoms with E-state index in [9.17, 15) is 0 Å². The lowest BCUT2D eigenvalue weighted by Gasteiger charge is -2.48. The average molecular weight is 220 g/mol. The van der Waals surface area contributed by atoms with Crippen molar-refractivity contribution in [2.45, 2.75) is 37.3 Å². The third kappa shape index (κ3) is 2.83. The number of nitrogens with zero attached hydrogens (tertiary/aromatic N) is 1. The first-order valence-electron chi connectivity index (χ1n) is 6.02. The molecule has 2 N–H and O–H groups in total. The Balaban J connectivity index is 2.88. The van der Waals surface area contributed by atoms with Gasteiger partial charge in [-0.2, -0.15) is 0 Å². The lowest BCUT2D eigenvalue weighted by Crippen LogP contribution is -2.56. The van der Waals surface area contributed by atoms with Crippen molar-refractivity contribution in [3.63, 3.8) is 0 Å². The molecular weight excluding hydrogens is 196 g/mol. The predicted molar refractivity (Wildman–Crippen MR) is 71.3 cm³/mol. The molecule has 1 saturated heterocycles. The summed E-state index contributed by atoms with van der Waals surface area (Å²) in [6.07, 6.45) is 10.0. The van der Waals surface area contributed by atoms with E-state index in [1.54, 1.807) is 0 Å². The van der Waals surface area contributed by atoms with Crippen LogP contribution in [0.2, 0.25) is 0 Å². The van der Waals surface area contributed by atoms with Crippen LogP contribution >= 0.6 is 0 Å². The van der Waals surface area contributed by atoms with Gasteiger partial charge in [0.1, 0.15) is 0 Å². The summed E-state index contributed by atoms with van der Waals surface area (Å²) >= 11 is 0. The molecule has 0 aromatic heterocycles. The van der Waals surface area contributed by atoms with Gasteiger partial charge in [0, 0.05) is 24.7 Å². The van der Waals surface area contributed by atoms with Gasteiger partial charge in [-0.05, 0) is 25.7 Å². The van der Waals surface area contributed by atoms with E-state index < -0.39 is 0 Å². The largest absolute Gasteiger partial charge is 0.328 e. The molecule has 1 fully saturated rings. The predicted octanol–water partition coefficient (Wildman–Crippen LogP) is 2.49. The number of nitrogens with two attached hydrogens (primary N) is 1. The summed E-state index contributed by atoms with van der Waals surface area (Å²) in [5.74, 6) is 0. The molecule has 90 valence electrons. The average Bonchev–Trinajstić information content (AvgIpc) is 2.23. The quantitative estimate of drug-likeness (QED) is 0.697. The van der Waals surface area contributed by atoms with E-state index in [1.807, 2.05) is 18.2 Å². The van der Waals surface area contributed by atoms with E-state index in [4.69, 9.17) is 5.73 Å². The number of likely N-dealkylation sites (tertiary alicyclic amines) is 1. The molecule has 1 unspecified atom stereocenters. The van der Waals surface area contributed by atoms with Gasteiger partial charge in [-0.15, -0.1) is 19.7 Å². The van der Waals surface area contributed by atoms with Crippen molar-refractivity contribution >= 4 is 0 Å². The number of piperidine rings is 1. The van der Waals surface area contributed by atoms with Crippen molar-refractivity contribution in [3.05, 3.63) is 38.0 Å². The summed E-state index contributed by atoms with van der Waals surface area (Å²) in [5.41, 5.74) is 6.23. The molecule has 0 aliphatic carbocycles. The first-order valence-corrected chi connectivity index (χ1v) is 6.02. The lowest BCUT2D eigenvalue weighted by atomic mass is 9.79. The molecular formula is C14H24N2. The molecule has 1 aliphatic rings. The van der Waals surface area contributed by atoms with Gasteiger partial charge in [0.2, 0.25) is 0 Å². The SMILES string of the molecule is C=CCN1CCC(N)CC1(CC=C)CC=C. The Morgan fingerprint density at radius 1 is 1.19 bits per heavy atom. The zero-order valence-corrected chi connectivity index (χ0v) is 10.2. The van der Waals surface area contributed by atoms with Crippen molar-refractivity contribution < 1.29 is 0 Å². The van der Waals surface area contributed by atoms with Crippen LogP contribution in [-0.2, 0) is 0 Å². The fourth-order valence-electron chi connectivity index (χ4n) is 2.76. The van der Waals surface area contributed by atoms with Gasteiger partial charge in [0.25, 0.3) is 0 Å². The van der Waals surface area contributed by atoms with E-state index in [1.165, 1.54) is 0 Å². The summed E-state index contributed by atoms with van der Waals surface area (Å²) in [5, 5.41) is 0. The van der Waals surface area contributed by atoms with Gasteiger partial charge in [0.15, 0.2) is 0 Å². The van der Waals surface area contributed by atoms with Crippen molar-refractivity contribution in [1.82, 2.24) is 4.90 Å². The van der Waals surface area contributed by atoms with Crippen molar-refractivity contribution in [1.29, 1.82) is 0 Å². The van der Waals surface area contributed by atoms with Gasteiger partial charge >= 0.3 is 0 Å². The maximum Gasteiger partial charge on any atom is 0.0296 e. The molecule has 1 atom stereocenters. The van der Waals surface area contributed by atoms with Crippen LogP contribution in [0.25, 0.3) is 0 Å². The van der Waals surface area contributed by atoms with Crippen LogP contribution in [0.5, 0.6) is 0 Å². The van der Waals surface area contributed by atoms with Crippen LogP contribution in [0, 0.1) is 0 Å². The molecule has 2 heteroatoms. The van der Waals surface area contributed by atoms with E-state index in [0.29, 0.717) is 6.04 Å². The highest BCUT2D eigenvalue weighted by Crippen LogP contribution is 2.34. The monoisotopic (exact) mass is 220 g/mol. The second-order valence-electron chi connectivity index (χ2n) is 4.70. The Hall–Kier alpha value is -0.860. The highest BCUT2D eigenvalue weighted by atomic mass is 15.2. The second-order valence-corrected chi connectivity index (χ2v) is 4.70. The summed E-state index contributed by atoms with van der Waals surface area (Å²) < 4.78 is 0. The maximum atomic E-state index is 6.11. The van der Waals surface area contributed by atoms with Crippen molar-refractivity contribution in [2.75, 3.05) is 13.1 Å². The first kappa shape index (κ1) is 13.2. The molecule has 0 saturated carbocycles. The second kappa shape index (κ2) is 6.02. The van der Waals surface area contributed by atoms with Gasteiger partial charge in [-0.25, -0.2) is 0 Å². The highest BCUT2D eigenvalue weighted by Gasteiger charge is 2.38. The Labute approximate surface area is 99.5 Å². The molecule has 16 heavy (non-hydrogen) atoms. The van der Waals surface area contributed by atoms with Crippen molar-refractivity contribution in [2.24, 2.45) is 5.73 Å². The Morgan fingerprint density at radius 2 is 1.81 bits per heavy atom. The number of hydrogen-bond donors (Lipinski definition) is 1. The van der Waals surface area contributed by atoms with Gasteiger partial charge in [-0.1, -0.05) is 18.2 Å². The van der Waals surface area contributed by atoms with Crippen LogP contribution < -0.4 is 5.73 Å². The Morgan fingerprint density at radius 3 is 2.31 bits per heavy atom. The summed E-state index contributed by atoms with van der Waals surface area (Å²) in [6, 6.07) is 0.306. The summed E-state index contributed by atoms with van der Waals surface area (Å²) in [4.78, 5) is 2.48. The molecule has 1 rings (SSSR count). The number of rotatable bonds is 6. The minimum absolute atomic E-state index is 0.120. The molecule has 0 aromatic carbocycles. The minimum atomic E-state index is 0.120. The van der Waals surface area contributed by atoms with Crippen molar-refractivity contribution in [3.8, 4) is 0 Å². The highest BCUT2D eigenvalue weighted by molar-refractivity contribution is 5.05. The summed E-state index contributed by atoms with van der Waals surface area (Å²) in [6.45, 7) is 13.6. The van der Waals surface area contributed by atoms with Crippen LogP contribution in [0.4, 0.5) is 0 Å². The normalized spacial score (nSPS) is 24.9. The smallest absolute Gasteiger partial charge is 0.0296 e. The zero-order chi connectivity index (χ0) is 12.0. The van der Waals surface area contributed by atoms with Gasteiger partial charge in [-0.3, -0.25) is 4.90 Å².